The summed E-state index contributed by atoms with van der Waals surface area (Å²) in [6, 6.07) is 19.9. The van der Waals surface area contributed by atoms with E-state index in [1.165, 1.54) is 12.0 Å². The second kappa shape index (κ2) is 10.2. The molecule has 0 unspecified atom stereocenters. The van der Waals surface area contributed by atoms with Crippen molar-refractivity contribution >= 4 is 33.3 Å². The fraction of sp³-hybridized carbons (Fsp3) is 0.286. The first-order valence-corrected chi connectivity index (χ1v) is 15.5. The molecule has 0 saturated carbocycles. The summed E-state index contributed by atoms with van der Waals surface area (Å²) in [6.45, 7) is 6.13. The molecular formula is C35H33N7O2. The van der Waals surface area contributed by atoms with Gasteiger partial charge in [0.1, 0.15) is 0 Å². The average molecular weight is 584 g/mol. The van der Waals surface area contributed by atoms with Gasteiger partial charge < -0.3 is 14.4 Å². The molecule has 6 aromatic rings. The van der Waals surface area contributed by atoms with Crippen LogP contribution in [0.3, 0.4) is 0 Å². The van der Waals surface area contributed by atoms with Crippen molar-refractivity contribution in [3.05, 3.63) is 78.8 Å². The van der Waals surface area contributed by atoms with Gasteiger partial charge in [-0.3, -0.25) is 15.1 Å². The first-order valence-electron chi connectivity index (χ1n) is 15.5. The third-order valence-corrected chi connectivity index (χ3v) is 9.52. The molecule has 3 aliphatic heterocycles. The van der Waals surface area contributed by atoms with Crippen molar-refractivity contribution in [3.63, 3.8) is 0 Å². The number of nitrogens with zero attached hydrogens (tertiary/aromatic N) is 5. The van der Waals surface area contributed by atoms with E-state index in [0.29, 0.717) is 12.1 Å². The number of aromatic amines is 2. The molecule has 9 rings (SSSR count). The van der Waals surface area contributed by atoms with Crippen LogP contribution >= 0.6 is 0 Å². The number of morpholine rings is 1. The van der Waals surface area contributed by atoms with Crippen LogP contribution in [0.1, 0.15) is 24.8 Å². The average Bonchev–Trinajstić information content (AvgIpc) is 3.87. The lowest BCUT2D eigenvalue weighted by molar-refractivity contribution is 0.0301. The largest absolute Gasteiger partial charge is 0.451 e. The van der Waals surface area contributed by atoms with Crippen LogP contribution in [0.4, 0.5) is 11.5 Å². The summed E-state index contributed by atoms with van der Waals surface area (Å²) in [6.07, 6.45) is 9.52. The summed E-state index contributed by atoms with van der Waals surface area (Å²) in [5, 5.41) is 16.6. The molecule has 2 atom stereocenters. The van der Waals surface area contributed by atoms with E-state index in [-0.39, 0.29) is 0 Å². The Morgan fingerprint density at radius 1 is 0.818 bits per heavy atom. The summed E-state index contributed by atoms with van der Waals surface area (Å²) >= 11 is 0. The predicted molar refractivity (Wildman–Crippen MR) is 172 cm³/mol. The molecular weight excluding hydrogens is 550 g/mol. The molecule has 44 heavy (non-hydrogen) atoms. The normalized spacial score (nSPS) is 19.1. The summed E-state index contributed by atoms with van der Waals surface area (Å²) in [5.74, 6) is 2.49. The first-order chi connectivity index (χ1) is 21.7. The molecule has 6 heterocycles. The van der Waals surface area contributed by atoms with Crippen LogP contribution in [-0.4, -0.2) is 68.7 Å². The van der Waals surface area contributed by atoms with Crippen LogP contribution < -0.4 is 9.64 Å². The van der Waals surface area contributed by atoms with Crippen molar-refractivity contribution in [2.24, 2.45) is 0 Å². The van der Waals surface area contributed by atoms with Gasteiger partial charge in [-0.2, -0.15) is 10.2 Å². The zero-order valence-corrected chi connectivity index (χ0v) is 24.6. The number of rotatable bonds is 7. The van der Waals surface area contributed by atoms with E-state index in [0.717, 1.165) is 106 Å². The second-order valence-electron chi connectivity index (χ2n) is 12.3. The first kappa shape index (κ1) is 25.7. The van der Waals surface area contributed by atoms with E-state index in [1.54, 1.807) is 0 Å². The van der Waals surface area contributed by atoms with Gasteiger partial charge in [0.15, 0.2) is 17.3 Å². The summed E-state index contributed by atoms with van der Waals surface area (Å²) < 4.78 is 12.5. The molecule has 220 valence electrons. The molecule has 0 amide bonds. The molecule has 0 aliphatic carbocycles. The highest BCUT2D eigenvalue weighted by molar-refractivity contribution is 5.88. The Labute approximate surface area is 254 Å². The minimum absolute atomic E-state index is 0.442. The Balaban J connectivity index is 1.06. The summed E-state index contributed by atoms with van der Waals surface area (Å²) in [5.41, 5.74) is 8.69. The molecule has 9 nitrogen and oxygen atoms in total. The number of ether oxygens (including phenoxy) is 2. The fourth-order valence-electron chi connectivity index (χ4n) is 7.18. The zero-order chi connectivity index (χ0) is 29.2. The van der Waals surface area contributed by atoms with E-state index in [4.69, 9.17) is 14.5 Å². The van der Waals surface area contributed by atoms with Gasteiger partial charge in [-0.15, -0.1) is 0 Å². The molecule has 2 saturated heterocycles. The van der Waals surface area contributed by atoms with Gasteiger partial charge in [0.05, 0.1) is 41.8 Å². The van der Waals surface area contributed by atoms with Gasteiger partial charge in [-0.25, -0.2) is 4.98 Å². The molecule has 3 aromatic carbocycles. The minimum Gasteiger partial charge on any atom is -0.451 e. The topological polar surface area (TPSA) is 95.2 Å². The third-order valence-electron chi connectivity index (χ3n) is 9.52. The number of nitrogens with one attached hydrogen (secondary N) is 2. The van der Waals surface area contributed by atoms with Crippen LogP contribution in [0.25, 0.3) is 44.1 Å². The Kier molecular flexibility index (Phi) is 5.95. The Hall–Kier alpha value is -4.73. The number of hydrogen-bond donors (Lipinski definition) is 2. The number of likely N-dealkylation sites (tertiary alicyclic amines) is 1. The van der Waals surface area contributed by atoms with Gasteiger partial charge >= 0.3 is 0 Å². The summed E-state index contributed by atoms with van der Waals surface area (Å²) in [4.78, 5) is 9.98. The monoisotopic (exact) mass is 583 g/mol. The van der Waals surface area contributed by atoms with E-state index in [9.17, 15) is 0 Å². The van der Waals surface area contributed by atoms with Gasteiger partial charge in [0.2, 0.25) is 0 Å². The lowest BCUT2D eigenvalue weighted by atomic mass is 9.97. The lowest BCUT2D eigenvalue weighted by Crippen LogP contribution is -2.37. The van der Waals surface area contributed by atoms with E-state index in [1.807, 2.05) is 18.6 Å². The number of pyridine rings is 1. The highest BCUT2D eigenvalue weighted by Gasteiger charge is 2.38. The maximum atomic E-state index is 6.69. The molecule has 0 spiro atoms. The van der Waals surface area contributed by atoms with Crippen molar-refractivity contribution in [1.82, 2.24) is 30.3 Å². The highest BCUT2D eigenvalue weighted by atomic mass is 16.5. The second-order valence-corrected chi connectivity index (χ2v) is 12.3. The maximum Gasteiger partial charge on any atom is 0.176 e. The van der Waals surface area contributed by atoms with Gasteiger partial charge in [0.25, 0.3) is 0 Å². The number of fused-ring (bicyclic) bond motifs is 6. The van der Waals surface area contributed by atoms with Gasteiger partial charge in [-0.05, 0) is 97.4 Å². The quantitative estimate of drug-likeness (QED) is 0.196. The number of benzene rings is 3. The molecule has 2 bridgehead atoms. The van der Waals surface area contributed by atoms with E-state index >= 15 is 0 Å². The molecule has 2 N–H and O–H groups in total. The highest BCUT2D eigenvalue weighted by Crippen LogP contribution is 2.49. The number of unbranched alkanes of at least 4 members (excludes halogenated alkanes) is 1. The molecule has 0 radical (unpaired) electrons. The predicted octanol–water partition coefficient (Wildman–Crippen LogP) is 6.97. The Morgan fingerprint density at radius 3 is 2.36 bits per heavy atom. The Bertz CT molecular complexity index is 2030. The molecule has 3 aromatic heterocycles. The van der Waals surface area contributed by atoms with Crippen molar-refractivity contribution in [3.8, 4) is 33.8 Å². The molecule has 3 aliphatic rings. The van der Waals surface area contributed by atoms with E-state index in [2.05, 4.69) is 91.7 Å². The maximum absolute atomic E-state index is 6.69. The fourth-order valence-corrected chi connectivity index (χ4v) is 7.18. The van der Waals surface area contributed by atoms with Crippen LogP contribution in [0.2, 0.25) is 0 Å². The van der Waals surface area contributed by atoms with Crippen molar-refractivity contribution < 1.29 is 9.47 Å². The SMILES string of the molecule is Cc1cc2c(cc1-c1ccc3[nH]ncc3c1)Oc1cc(-c3ccc4[nH]ncc4c3)cnc1N2CCCCN1C[C@@H]2C[C@H]1CO2. The minimum atomic E-state index is 0.442. The third kappa shape index (κ3) is 4.34. The lowest BCUT2D eigenvalue weighted by Gasteiger charge is -2.33. The van der Waals surface area contributed by atoms with Crippen molar-refractivity contribution in [1.29, 1.82) is 0 Å². The summed E-state index contributed by atoms with van der Waals surface area (Å²) in [7, 11) is 0. The number of hydrogen-bond acceptors (Lipinski definition) is 7. The van der Waals surface area contributed by atoms with Crippen LogP contribution in [0, 0.1) is 6.92 Å². The van der Waals surface area contributed by atoms with Crippen LogP contribution in [0.5, 0.6) is 11.5 Å². The van der Waals surface area contributed by atoms with Crippen LogP contribution in [-0.2, 0) is 4.74 Å². The number of aromatic nitrogens is 5. The van der Waals surface area contributed by atoms with Crippen molar-refractivity contribution in [2.75, 3.05) is 31.1 Å². The standard InChI is InChI=1S/C35H33N7O2/c1-21-10-32-33(15-29(21)23-5-7-31-26(12-23)18-38-40-31)44-34-13-24(22-4-6-30-25(11-22)17-37-39-30)16-36-35(34)42(32)9-3-2-8-41-19-28-14-27(41)20-43-28/h4-7,10-13,15-18,27-28H,2-3,8-9,14,19-20H2,1H3,(H,37,39)(H,38,40)/t27-,28-/m0/s1. The van der Waals surface area contributed by atoms with Crippen LogP contribution in [0.15, 0.2) is 73.2 Å². The smallest absolute Gasteiger partial charge is 0.176 e. The Morgan fingerprint density at radius 2 is 1.59 bits per heavy atom. The number of aryl methyl sites for hydroxylation is 1. The van der Waals surface area contributed by atoms with E-state index < -0.39 is 0 Å². The molecule has 9 heteroatoms. The number of anilines is 2. The number of H-pyrrole nitrogens is 2. The van der Waals surface area contributed by atoms with Gasteiger partial charge in [-0.1, -0.05) is 12.1 Å². The van der Waals surface area contributed by atoms with Crippen molar-refractivity contribution in [2.45, 2.75) is 38.3 Å². The van der Waals surface area contributed by atoms with Gasteiger partial charge in [0, 0.05) is 41.7 Å². The zero-order valence-electron chi connectivity index (χ0n) is 24.6. The molecule has 2 fully saturated rings.